The van der Waals surface area contributed by atoms with E-state index in [9.17, 15) is 39.9 Å². The van der Waals surface area contributed by atoms with Crippen LogP contribution in [0.2, 0.25) is 0 Å². The number of aliphatic hydroxyl groups excluding tert-OH is 1. The largest absolute Gasteiger partial charge is 0.507 e. The van der Waals surface area contributed by atoms with Gasteiger partial charge in [0.1, 0.15) is 23.2 Å². The number of hydrogen-bond donors (Lipinski definition) is 6. The quantitative estimate of drug-likeness (QED) is 0.201. The molecule has 0 amide bonds. The topological polar surface area (TPSA) is 206 Å². The minimum atomic E-state index is -1.91. The molecule has 7 atom stereocenters. The summed E-state index contributed by atoms with van der Waals surface area (Å²) < 4.78 is 16.7. The fourth-order valence-corrected chi connectivity index (χ4v) is 5.92. The molecule has 0 radical (unpaired) electrons. The highest BCUT2D eigenvalue weighted by Crippen LogP contribution is 2.56. The van der Waals surface area contributed by atoms with Gasteiger partial charge in [0.2, 0.25) is 5.78 Å². The van der Waals surface area contributed by atoms with Crippen molar-refractivity contribution in [3.05, 3.63) is 51.6 Å². The summed E-state index contributed by atoms with van der Waals surface area (Å²) in [4.78, 5) is 39.9. The highest BCUT2D eigenvalue weighted by Gasteiger charge is 2.53. The molecule has 1 fully saturated rings. The van der Waals surface area contributed by atoms with Gasteiger partial charge in [-0.05, 0) is 19.9 Å². The Kier molecular flexibility index (Phi) is 6.43. The van der Waals surface area contributed by atoms with Crippen molar-refractivity contribution in [1.29, 1.82) is 0 Å². The number of nitrogens with two attached hydrogens (primary N) is 1. The van der Waals surface area contributed by atoms with E-state index in [2.05, 4.69) is 0 Å². The SMILES string of the molecule is COC(=O)C1c2c(O)c3c(c(O)c2[C@@H](OC2CC(N)C(O)C(C)O2)C[C@@]1(C)O)C(=O)c1c(O)cccc1C3=O. The molecule has 2 aromatic rings. The number of esters is 1. The minimum absolute atomic E-state index is 0.0380. The van der Waals surface area contributed by atoms with E-state index in [4.69, 9.17) is 19.9 Å². The second-order valence-corrected chi connectivity index (χ2v) is 10.4. The zero-order chi connectivity index (χ0) is 28.5. The van der Waals surface area contributed by atoms with Crippen molar-refractivity contribution in [3.63, 3.8) is 0 Å². The van der Waals surface area contributed by atoms with E-state index in [-0.39, 0.29) is 35.1 Å². The van der Waals surface area contributed by atoms with Gasteiger partial charge < -0.3 is 45.5 Å². The summed E-state index contributed by atoms with van der Waals surface area (Å²) in [5.74, 6) is -6.39. The van der Waals surface area contributed by atoms with Crippen molar-refractivity contribution in [3.8, 4) is 17.2 Å². The zero-order valence-corrected chi connectivity index (χ0v) is 21.4. The first-order valence-corrected chi connectivity index (χ1v) is 12.4. The van der Waals surface area contributed by atoms with Crippen molar-refractivity contribution in [2.75, 3.05) is 7.11 Å². The fraction of sp³-hybridized carbons (Fsp3) is 0.444. The highest BCUT2D eigenvalue weighted by molar-refractivity contribution is 6.31. The number of carbonyl (C=O) groups excluding carboxylic acids is 3. The molecule has 39 heavy (non-hydrogen) atoms. The maximum Gasteiger partial charge on any atom is 0.316 e. The first kappa shape index (κ1) is 27.0. The number of methoxy groups -OCH3 is 1. The van der Waals surface area contributed by atoms with E-state index >= 15 is 0 Å². The van der Waals surface area contributed by atoms with Gasteiger partial charge in [0.15, 0.2) is 12.1 Å². The second-order valence-electron chi connectivity index (χ2n) is 10.4. The van der Waals surface area contributed by atoms with Crippen LogP contribution in [0.5, 0.6) is 17.2 Å². The predicted octanol–water partition coefficient (Wildman–Crippen LogP) is 0.871. The molecule has 0 spiro atoms. The zero-order valence-electron chi connectivity index (χ0n) is 21.4. The maximum absolute atomic E-state index is 13.5. The van der Waals surface area contributed by atoms with E-state index < -0.39 is 88.1 Å². The average Bonchev–Trinajstić information content (AvgIpc) is 2.86. The van der Waals surface area contributed by atoms with Crippen LogP contribution in [0.1, 0.15) is 81.7 Å². The van der Waals surface area contributed by atoms with Crippen LogP contribution in [0.4, 0.5) is 0 Å². The lowest BCUT2D eigenvalue weighted by atomic mass is 9.68. The van der Waals surface area contributed by atoms with E-state index in [0.29, 0.717) is 0 Å². The number of fused-ring (bicyclic) bond motifs is 3. The fourth-order valence-electron chi connectivity index (χ4n) is 5.92. The molecule has 12 heteroatoms. The summed E-state index contributed by atoms with van der Waals surface area (Å²) in [7, 11) is 1.08. The number of ketones is 2. The molecular weight excluding hydrogens is 514 g/mol. The molecule has 1 aliphatic heterocycles. The maximum atomic E-state index is 13.5. The highest BCUT2D eigenvalue weighted by atomic mass is 16.7. The van der Waals surface area contributed by atoms with E-state index in [1.165, 1.54) is 25.1 Å². The molecule has 12 nitrogen and oxygen atoms in total. The van der Waals surface area contributed by atoms with Crippen molar-refractivity contribution >= 4 is 17.5 Å². The number of benzene rings is 2. The van der Waals surface area contributed by atoms with Gasteiger partial charge in [-0.2, -0.15) is 0 Å². The molecule has 2 aromatic carbocycles. The van der Waals surface area contributed by atoms with Crippen LogP contribution in [-0.4, -0.2) is 80.3 Å². The van der Waals surface area contributed by atoms with E-state index in [1.807, 2.05) is 0 Å². The predicted molar refractivity (Wildman–Crippen MR) is 132 cm³/mol. The van der Waals surface area contributed by atoms with Crippen LogP contribution in [0.25, 0.3) is 0 Å². The van der Waals surface area contributed by atoms with Crippen LogP contribution < -0.4 is 5.73 Å². The summed E-state index contributed by atoms with van der Waals surface area (Å²) in [6.45, 7) is 2.90. The molecule has 7 N–H and O–H groups in total. The van der Waals surface area contributed by atoms with Crippen molar-refractivity contribution in [2.45, 2.75) is 68.9 Å². The first-order valence-electron chi connectivity index (χ1n) is 12.4. The van der Waals surface area contributed by atoms with Gasteiger partial charge in [-0.15, -0.1) is 0 Å². The summed E-state index contributed by atoms with van der Waals surface area (Å²) in [6, 6.07) is 3.13. The molecule has 3 aliphatic rings. The number of aliphatic hydroxyl groups is 2. The summed E-state index contributed by atoms with van der Waals surface area (Å²) in [6.07, 6.45) is -4.25. The Balaban J connectivity index is 1.74. The van der Waals surface area contributed by atoms with Crippen LogP contribution in [0, 0.1) is 0 Å². The summed E-state index contributed by atoms with van der Waals surface area (Å²) >= 11 is 0. The third-order valence-corrected chi connectivity index (χ3v) is 7.83. The monoisotopic (exact) mass is 543 g/mol. The number of phenols is 3. The van der Waals surface area contributed by atoms with Gasteiger partial charge in [0, 0.05) is 35.6 Å². The van der Waals surface area contributed by atoms with E-state index in [0.717, 1.165) is 7.11 Å². The molecular formula is C27H29NO11. The third kappa shape index (κ3) is 3.98. The van der Waals surface area contributed by atoms with E-state index in [1.54, 1.807) is 6.92 Å². The van der Waals surface area contributed by atoms with Crippen LogP contribution in [0.3, 0.4) is 0 Å². The van der Waals surface area contributed by atoms with Gasteiger partial charge in [-0.1, -0.05) is 12.1 Å². The molecule has 5 rings (SSSR count). The van der Waals surface area contributed by atoms with Crippen LogP contribution in [0.15, 0.2) is 18.2 Å². The molecule has 1 saturated heterocycles. The summed E-state index contributed by atoms with van der Waals surface area (Å²) in [5.41, 5.74) is 1.84. The Hall–Kier alpha value is -3.55. The summed E-state index contributed by atoms with van der Waals surface area (Å²) in [5, 5.41) is 54.9. The van der Waals surface area contributed by atoms with Gasteiger partial charge in [-0.25, -0.2) is 0 Å². The van der Waals surface area contributed by atoms with Crippen molar-refractivity contribution in [2.24, 2.45) is 5.73 Å². The molecule has 2 aliphatic carbocycles. The Bertz CT molecular complexity index is 1390. The number of ether oxygens (including phenoxy) is 3. The van der Waals surface area contributed by atoms with Crippen molar-refractivity contribution < 1.29 is 54.1 Å². The minimum Gasteiger partial charge on any atom is -0.507 e. The standard InChI is InChI=1S/C27H29NO11/c1-9-21(30)11(28)7-14(38-9)39-13-8-27(2,36)20(26(35)37-3)17-16(13)24(33)19-18(25(17)34)22(31)10-5-4-6-12(29)15(10)23(19)32/h4-6,9,11,13-14,20-21,29-30,33-34,36H,7-8,28H2,1-3H3/t9?,11?,13-,14?,20?,21?,27+/m0/s1. The van der Waals surface area contributed by atoms with Crippen molar-refractivity contribution in [1.82, 2.24) is 0 Å². The van der Waals surface area contributed by atoms with Gasteiger partial charge in [0.05, 0.1) is 47.7 Å². The molecule has 208 valence electrons. The molecule has 5 unspecified atom stereocenters. The van der Waals surface area contributed by atoms with Gasteiger partial charge in [0.25, 0.3) is 0 Å². The number of hydrogen-bond acceptors (Lipinski definition) is 12. The molecule has 0 aromatic heterocycles. The second kappa shape index (κ2) is 9.28. The van der Waals surface area contributed by atoms with Gasteiger partial charge >= 0.3 is 5.97 Å². The number of rotatable bonds is 3. The Morgan fingerprint density at radius 1 is 1.08 bits per heavy atom. The number of aromatic hydroxyl groups is 3. The lowest BCUT2D eigenvalue weighted by molar-refractivity contribution is -0.248. The smallest absolute Gasteiger partial charge is 0.316 e. The lowest BCUT2D eigenvalue weighted by Crippen LogP contribution is -2.52. The molecule has 0 saturated carbocycles. The van der Waals surface area contributed by atoms with Gasteiger partial charge in [-0.3, -0.25) is 14.4 Å². The lowest BCUT2D eigenvalue weighted by Gasteiger charge is -2.44. The Labute approximate surface area is 222 Å². The Morgan fingerprint density at radius 2 is 1.72 bits per heavy atom. The number of phenolic OH excluding ortho intramolecular Hbond substituents is 3. The third-order valence-electron chi connectivity index (χ3n) is 7.83. The van der Waals surface area contributed by atoms with Crippen LogP contribution >= 0.6 is 0 Å². The van der Waals surface area contributed by atoms with Crippen LogP contribution in [-0.2, 0) is 19.0 Å². The number of carbonyl (C=O) groups is 3. The first-order chi connectivity index (χ1) is 18.3. The average molecular weight is 544 g/mol. The molecule has 1 heterocycles. The normalized spacial score (nSPS) is 31.7. The Morgan fingerprint density at radius 3 is 2.36 bits per heavy atom. The molecule has 0 bridgehead atoms.